The monoisotopic (exact) mass is 200 g/mol. The molecule has 0 saturated carbocycles. The Hall–Kier alpha value is -0.0400. The van der Waals surface area contributed by atoms with E-state index in [9.17, 15) is 0 Å². The maximum absolute atomic E-state index is 5.89. The first-order chi connectivity index (χ1) is 6.33. The summed E-state index contributed by atoms with van der Waals surface area (Å²) in [5.74, 6) is 1.53. The standard InChI is InChI=1S/C13H28O/c1-11(2)7-9-13(5,6)14-10-8-12(3)4/h11-12H,7-10H2,1-6H3. The maximum Gasteiger partial charge on any atom is 0.0626 e. The molecular formula is C13H28O. The molecule has 0 atom stereocenters. The zero-order valence-electron chi connectivity index (χ0n) is 10.9. The summed E-state index contributed by atoms with van der Waals surface area (Å²) in [7, 11) is 0. The number of hydrogen-bond acceptors (Lipinski definition) is 1. The minimum Gasteiger partial charge on any atom is -0.376 e. The lowest BCUT2D eigenvalue weighted by atomic mass is 9.97. The summed E-state index contributed by atoms with van der Waals surface area (Å²) in [6, 6.07) is 0. The molecule has 0 aromatic rings. The Morgan fingerprint density at radius 2 is 1.43 bits per heavy atom. The van der Waals surface area contributed by atoms with Crippen LogP contribution in [-0.4, -0.2) is 12.2 Å². The van der Waals surface area contributed by atoms with Gasteiger partial charge in [0.2, 0.25) is 0 Å². The highest BCUT2D eigenvalue weighted by atomic mass is 16.5. The third-order valence-electron chi connectivity index (χ3n) is 2.51. The van der Waals surface area contributed by atoms with Crippen LogP contribution in [0.2, 0.25) is 0 Å². The van der Waals surface area contributed by atoms with Gasteiger partial charge in [0.05, 0.1) is 5.60 Å². The summed E-state index contributed by atoms with van der Waals surface area (Å²) in [5, 5.41) is 0. The van der Waals surface area contributed by atoms with Gasteiger partial charge in [0.15, 0.2) is 0 Å². The molecule has 0 aliphatic rings. The van der Waals surface area contributed by atoms with Crippen LogP contribution in [0.25, 0.3) is 0 Å². The van der Waals surface area contributed by atoms with Gasteiger partial charge in [-0.15, -0.1) is 0 Å². The van der Waals surface area contributed by atoms with Crippen LogP contribution in [0.1, 0.15) is 60.8 Å². The van der Waals surface area contributed by atoms with E-state index in [1.165, 1.54) is 19.3 Å². The van der Waals surface area contributed by atoms with Crippen molar-refractivity contribution >= 4 is 0 Å². The molecule has 0 spiro atoms. The van der Waals surface area contributed by atoms with Gasteiger partial charge in [0, 0.05) is 6.61 Å². The summed E-state index contributed by atoms with van der Waals surface area (Å²) in [4.78, 5) is 0. The first-order valence-electron chi connectivity index (χ1n) is 5.97. The predicted octanol–water partition coefficient (Wildman–Crippen LogP) is 4.26. The fourth-order valence-corrected chi connectivity index (χ4v) is 1.28. The third kappa shape index (κ3) is 8.55. The highest BCUT2D eigenvalue weighted by molar-refractivity contribution is 4.69. The van der Waals surface area contributed by atoms with Gasteiger partial charge in [-0.1, -0.05) is 27.7 Å². The zero-order valence-corrected chi connectivity index (χ0v) is 10.9. The highest BCUT2D eigenvalue weighted by Gasteiger charge is 2.18. The molecule has 0 rings (SSSR count). The predicted molar refractivity (Wildman–Crippen MR) is 63.6 cm³/mol. The normalized spacial score (nSPS) is 12.9. The van der Waals surface area contributed by atoms with Crippen molar-refractivity contribution in [1.29, 1.82) is 0 Å². The summed E-state index contributed by atoms with van der Waals surface area (Å²) < 4.78 is 5.89. The second-order valence-electron chi connectivity index (χ2n) is 5.72. The first kappa shape index (κ1) is 14.0. The Morgan fingerprint density at radius 1 is 0.929 bits per heavy atom. The van der Waals surface area contributed by atoms with E-state index in [2.05, 4.69) is 41.5 Å². The van der Waals surface area contributed by atoms with Crippen LogP contribution < -0.4 is 0 Å². The van der Waals surface area contributed by atoms with Gasteiger partial charge in [0.25, 0.3) is 0 Å². The van der Waals surface area contributed by atoms with Crippen molar-refractivity contribution in [1.82, 2.24) is 0 Å². The van der Waals surface area contributed by atoms with Crippen LogP contribution in [0.3, 0.4) is 0 Å². The van der Waals surface area contributed by atoms with E-state index < -0.39 is 0 Å². The van der Waals surface area contributed by atoms with Crippen LogP contribution >= 0.6 is 0 Å². The lowest BCUT2D eigenvalue weighted by molar-refractivity contribution is -0.0307. The molecule has 1 nitrogen and oxygen atoms in total. The van der Waals surface area contributed by atoms with E-state index in [1.54, 1.807) is 0 Å². The average molecular weight is 200 g/mol. The Labute approximate surface area is 90.2 Å². The summed E-state index contributed by atoms with van der Waals surface area (Å²) in [6.45, 7) is 14.3. The second-order valence-corrected chi connectivity index (χ2v) is 5.72. The summed E-state index contributed by atoms with van der Waals surface area (Å²) >= 11 is 0. The smallest absolute Gasteiger partial charge is 0.0626 e. The third-order valence-corrected chi connectivity index (χ3v) is 2.51. The minimum atomic E-state index is 0.0686. The van der Waals surface area contributed by atoms with E-state index in [4.69, 9.17) is 4.74 Å². The average Bonchev–Trinajstić information content (AvgIpc) is 2.00. The van der Waals surface area contributed by atoms with E-state index in [0.717, 1.165) is 18.4 Å². The molecule has 0 N–H and O–H groups in total. The highest BCUT2D eigenvalue weighted by Crippen LogP contribution is 2.20. The molecule has 0 aromatic carbocycles. The van der Waals surface area contributed by atoms with Crippen molar-refractivity contribution < 1.29 is 4.74 Å². The molecule has 86 valence electrons. The van der Waals surface area contributed by atoms with Crippen molar-refractivity contribution in [2.45, 2.75) is 66.4 Å². The molecule has 0 bridgehead atoms. The number of rotatable bonds is 7. The van der Waals surface area contributed by atoms with Crippen molar-refractivity contribution in [3.05, 3.63) is 0 Å². The van der Waals surface area contributed by atoms with Crippen molar-refractivity contribution in [2.75, 3.05) is 6.61 Å². The molecule has 0 saturated heterocycles. The molecule has 0 aliphatic carbocycles. The van der Waals surface area contributed by atoms with Crippen LogP contribution in [0, 0.1) is 11.8 Å². The van der Waals surface area contributed by atoms with Crippen molar-refractivity contribution in [3.63, 3.8) is 0 Å². The Kier molecular flexibility index (Phi) is 6.43. The van der Waals surface area contributed by atoms with Gasteiger partial charge < -0.3 is 4.74 Å². The van der Waals surface area contributed by atoms with E-state index >= 15 is 0 Å². The molecule has 0 radical (unpaired) electrons. The lowest BCUT2D eigenvalue weighted by Crippen LogP contribution is -2.25. The lowest BCUT2D eigenvalue weighted by Gasteiger charge is -2.26. The molecule has 0 fully saturated rings. The molecule has 0 aromatic heterocycles. The van der Waals surface area contributed by atoms with Crippen LogP contribution in [0.15, 0.2) is 0 Å². The van der Waals surface area contributed by atoms with Crippen LogP contribution in [0.4, 0.5) is 0 Å². The first-order valence-corrected chi connectivity index (χ1v) is 5.97. The zero-order chi connectivity index (χ0) is 11.2. The van der Waals surface area contributed by atoms with Gasteiger partial charge in [-0.3, -0.25) is 0 Å². The quantitative estimate of drug-likeness (QED) is 0.596. The molecule has 1 heteroatoms. The Morgan fingerprint density at radius 3 is 1.86 bits per heavy atom. The molecule has 0 amide bonds. The minimum absolute atomic E-state index is 0.0686. The number of hydrogen-bond donors (Lipinski definition) is 0. The summed E-state index contributed by atoms with van der Waals surface area (Å²) in [6.07, 6.45) is 3.60. The van der Waals surface area contributed by atoms with Crippen molar-refractivity contribution in [3.8, 4) is 0 Å². The van der Waals surface area contributed by atoms with Gasteiger partial charge in [-0.2, -0.15) is 0 Å². The van der Waals surface area contributed by atoms with Gasteiger partial charge >= 0.3 is 0 Å². The van der Waals surface area contributed by atoms with E-state index in [0.29, 0.717) is 0 Å². The topological polar surface area (TPSA) is 9.23 Å². The van der Waals surface area contributed by atoms with Gasteiger partial charge in [-0.05, 0) is 44.9 Å². The van der Waals surface area contributed by atoms with Crippen LogP contribution in [-0.2, 0) is 4.74 Å². The fourth-order valence-electron chi connectivity index (χ4n) is 1.28. The van der Waals surface area contributed by atoms with E-state index in [1.807, 2.05) is 0 Å². The largest absolute Gasteiger partial charge is 0.376 e. The van der Waals surface area contributed by atoms with Crippen LogP contribution in [0.5, 0.6) is 0 Å². The maximum atomic E-state index is 5.89. The molecular weight excluding hydrogens is 172 g/mol. The Bertz CT molecular complexity index is 136. The van der Waals surface area contributed by atoms with Crippen molar-refractivity contribution in [2.24, 2.45) is 11.8 Å². The molecule has 0 aliphatic heterocycles. The molecule has 0 unspecified atom stereocenters. The Balaban J connectivity index is 3.61. The van der Waals surface area contributed by atoms with E-state index in [-0.39, 0.29) is 5.60 Å². The second kappa shape index (κ2) is 6.44. The number of ether oxygens (including phenoxy) is 1. The van der Waals surface area contributed by atoms with Gasteiger partial charge in [0.1, 0.15) is 0 Å². The van der Waals surface area contributed by atoms with Gasteiger partial charge in [-0.25, -0.2) is 0 Å². The fraction of sp³-hybridized carbons (Fsp3) is 1.00. The molecule has 0 heterocycles. The molecule has 14 heavy (non-hydrogen) atoms. The SMILES string of the molecule is CC(C)CCOC(C)(C)CCC(C)C. The summed E-state index contributed by atoms with van der Waals surface area (Å²) in [5.41, 5.74) is 0.0686.